The lowest BCUT2D eigenvalue weighted by molar-refractivity contribution is 0.457. The summed E-state index contributed by atoms with van der Waals surface area (Å²) in [5, 5.41) is 18.3. The van der Waals surface area contributed by atoms with Gasteiger partial charge in [0.25, 0.3) is 0 Å². The van der Waals surface area contributed by atoms with Crippen molar-refractivity contribution >= 4 is 62.3 Å². The first kappa shape index (κ1) is 12.5. The van der Waals surface area contributed by atoms with Gasteiger partial charge in [0.05, 0.1) is 15.6 Å². The number of halogens is 3. The van der Waals surface area contributed by atoms with Crippen molar-refractivity contribution in [3.63, 3.8) is 0 Å². The summed E-state index contributed by atoms with van der Waals surface area (Å²) in [6.45, 7) is 0. The lowest BCUT2D eigenvalue weighted by atomic mass is 10.1. The number of aromatic amines is 1. The molecule has 0 saturated heterocycles. The van der Waals surface area contributed by atoms with Crippen LogP contribution in [0.4, 0.5) is 0 Å². The van der Waals surface area contributed by atoms with Crippen LogP contribution in [-0.4, -0.2) is 16.3 Å². The molecule has 1 aromatic heterocycles. The van der Waals surface area contributed by atoms with Crippen LogP contribution in [0.5, 0.6) is 5.88 Å². The molecule has 17 heavy (non-hydrogen) atoms. The van der Waals surface area contributed by atoms with Gasteiger partial charge >= 0.3 is 0 Å². The van der Waals surface area contributed by atoms with Crippen molar-refractivity contribution in [3.8, 4) is 5.88 Å². The third-order valence-corrected chi connectivity index (χ3v) is 3.69. The lowest BCUT2D eigenvalue weighted by Crippen LogP contribution is -1.75. The number of aromatic hydroxyl groups is 1. The molecule has 2 rings (SSSR count). The Morgan fingerprint density at radius 2 is 2.18 bits per heavy atom. The van der Waals surface area contributed by atoms with Crippen molar-refractivity contribution in [2.24, 2.45) is 0 Å². The molecular weight excluding hydrogens is 327 g/mol. The van der Waals surface area contributed by atoms with E-state index in [1.807, 2.05) is 0 Å². The average Bonchev–Trinajstić information content (AvgIpc) is 2.56. The molecule has 0 saturated carbocycles. The maximum atomic E-state index is 9.77. The second-order valence-electron chi connectivity index (χ2n) is 3.37. The fourth-order valence-electron chi connectivity index (χ4n) is 1.52. The lowest BCUT2D eigenvalue weighted by Gasteiger charge is -1.97. The molecule has 0 aliphatic carbocycles. The number of hydrogen-bond donors (Lipinski definition) is 3. The van der Waals surface area contributed by atoms with Gasteiger partial charge in [-0.05, 0) is 34.1 Å². The zero-order valence-electron chi connectivity index (χ0n) is 8.39. The third-order valence-electron chi connectivity index (χ3n) is 2.28. The Hall–Kier alpha value is -0.970. The molecule has 6 heteroatoms. The Morgan fingerprint density at radius 1 is 1.47 bits per heavy atom. The second-order valence-corrected chi connectivity index (χ2v) is 5.07. The smallest absolute Gasteiger partial charge is 0.196 e. The van der Waals surface area contributed by atoms with Crippen LogP contribution in [0.3, 0.4) is 0 Å². The minimum atomic E-state index is -0.00540. The summed E-state index contributed by atoms with van der Waals surface area (Å²) >= 11 is 15.1. The van der Waals surface area contributed by atoms with Gasteiger partial charge in [-0.15, -0.1) is 0 Å². The molecule has 2 aromatic rings. The van der Waals surface area contributed by atoms with Crippen molar-refractivity contribution in [2.45, 2.75) is 0 Å². The number of benzene rings is 1. The van der Waals surface area contributed by atoms with E-state index in [4.69, 9.17) is 28.6 Å². The highest BCUT2D eigenvalue weighted by molar-refractivity contribution is 9.10. The maximum Gasteiger partial charge on any atom is 0.196 e. The molecule has 1 aromatic carbocycles. The molecule has 0 fully saturated rings. The minimum absolute atomic E-state index is 0.00540. The van der Waals surface area contributed by atoms with E-state index in [1.165, 1.54) is 6.08 Å². The molecule has 0 aliphatic rings. The molecule has 3 N–H and O–H groups in total. The maximum absolute atomic E-state index is 9.77. The van der Waals surface area contributed by atoms with Gasteiger partial charge in [0.15, 0.2) is 5.88 Å². The first-order chi connectivity index (χ1) is 8.02. The summed E-state index contributed by atoms with van der Waals surface area (Å²) < 4.78 is 0.738. The van der Waals surface area contributed by atoms with Gasteiger partial charge in [-0.25, -0.2) is 0 Å². The van der Waals surface area contributed by atoms with E-state index in [9.17, 15) is 5.11 Å². The van der Waals surface area contributed by atoms with Crippen LogP contribution in [0.1, 0.15) is 5.56 Å². The fraction of sp³-hybridized carbons (Fsp3) is 0. The Bertz CT molecular complexity index is 634. The Morgan fingerprint density at radius 3 is 2.82 bits per heavy atom. The van der Waals surface area contributed by atoms with Crippen molar-refractivity contribution < 1.29 is 5.11 Å². The van der Waals surface area contributed by atoms with Gasteiger partial charge < -0.3 is 15.5 Å². The fourth-order valence-corrected chi connectivity index (χ4v) is 2.14. The number of hydrogen-bond acceptors (Lipinski definition) is 2. The van der Waals surface area contributed by atoms with Gasteiger partial charge in [0.1, 0.15) is 0 Å². The first-order valence-corrected chi connectivity index (χ1v) is 6.15. The number of aromatic nitrogens is 1. The topological polar surface area (TPSA) is 59.9 Å². The van der Waals surface area contributed by atoms with E-state index in [0.717, 1.165) is 21.6 Å². The summed E-state index contributed by atoms with van der Waals surface area (Å²) in [6, 6.07) is 3.49. The SMILES string of the molecule is N=C/C(Cl)=C\c1c(O)[nH]c2cc(Br)c(Cl)cc12. The first-order valence-electron chi connectivity index (χ1n) is 4.60. The summed E-state index contributed by atoms with van der Waals surface area (Å²) in [5.74, 6) is -0.00540. The quantitative estimate of drug-likeness (QED) is 0.695. The van der Waals surface area contributed by atoms with Crippen molar-refractivity contribution in [1.82, 2.24) is 4.98 Å². The van der Waals surface area contributed by atoms with Crippen LogP contribution < -0.4 is 0 Å². The van der Waals surface area contributed by atoms with E-state index in [2.05, 4.69) is 20.9 Å². The third kappa shape index (κ3) is 2.34. The standard InChI is InChI=1S/C11H7BrCl2N2O/c12-8-3-10-6(2-9(8)14)7(11(17)16-10)1-5(13)4-15/h1-4,15-17H/b5-1+,15-4?. The van der Waals surface area contributed by atoms with E-state index >= 15 is 0 Å². The van der Waals surface area contributed by atoms with Crippen molar-refractivity contribution in [1.29, 1.82) is 5.41 Å². The van der Waals surface area contributed by atoms with E-state index < -0.39 is 0 Å². The molecule has 0 amide bonds. The zero-order valence-corrected chi connectivity index (χ0v) is 11.5. The molecule has 0 aliphatic heterocycles. The number of fused-ring (bicyclic) bond motifs is 1. The molecule has 1 heterocycles. The van der Waals surface area contributed by atoms with Crippen LogP contribution in [0.25, 0.3) is 17.0 Å². The zero-order chi connectivity index (χ0) is 12.6. The van der Waals surface area contributed by atoms with Crippen LogP contribution in [0.15, 0.2) is 21.6 Å². The van der Waals surface area contributed by atoms with Gasteiger partial charge in [-0.3, -0.25) is 0 Å². The molecule has 88 valence electrons. The minimum Gasteiger partial charge on any atom is -0.494 e. The predicted octanol–water partition coefficient (Wildman–Crippen LogP) is 4.52. The Kier molecular flexibility index (Phi) is 3.47. The largest absolute Gasteiger partial charge is 0.494 e. The van der Waals surface area contributed by atoms with Crippen LogP contribution >= 0.6 is 39.1 Å². The normalized spacial score (nSPS) is 12.1. The summed E-state index contributed by atoms with van der Waals surface area (Å²) in [5.41, 5.74) is 1.25. The molecule has 0 spiro atoms. The van der Waals surface area contributed by atoms with Crippen LogP contribution in [0.2, 0.25) is 5.02 Å². The number of rotatable bonds is 2. The highest BCUT2D eigenvalue weighted by atomic mass is 79.9. The number of H-pyrrole nitrogens is 1. The van der Waals surface area contributed by atoms with Crippen molar-refractivity contribution in [2.75, 3.05) is 0 Å². The summed E-state index contributed by atoms with van der Waals surface area (Å²) in [6.07, 6.45) is 2.51. The molecule has 0 unspecified atom stereocenters. The van der Waals surface area contributed by atoms with E-state index in [0.29, 0.717) is 10.6 Å². The number of allylic oxidation sites excluding steroid dienone is 1. The van der Waals surface area contributed by atoms with Gasteiger partial charge in [-0.1, -0.05) is 23.2 Å². The van der Waals surface area contributed by atoms with E-state index in [1.54, 1.807) is 12.1 Å². The van der Waals surface area contributed by atoms with Crippen LogP contribution in [-0.2, 0) is 0 Å². The van der Waals surface area contributed by atoms with Gasteiger partial charge in [-0.2, -0.15) is 0 Å². The average molecular weight is 334 g/mol. The number of nitrogens with one attached hydrogen (secondary N) is 2. The second kappa shape index (κ2) is 4.72. The summed E-state index contributed by atoms with van der Waals surface area (Å²) in [4.78, 5) is 2.81. The molecule has 0 bridgehead atoms. The molecule has 0 atom stereocenters. The Balaban J connectivity index is 2.75. The predicted molar refractivity (Wildman–Crippen MR) is 75.3 cm³/mol. The highest BCUT2D eigenvalue weighted by Crippen LogP contribution is 2.35. The van der Waals surface area contributed by atoms with Crippen LogP contribution in [0, 0.1) is 5.41 Å². The molecule has 0 radical (unpaired) electrons. The van der Waals surface area contributed by atoms with Gasteiger partial charge in [0.2, 0.25) is 0 Å². The van der Waals surface area contributed by atoms with Gasteiger partial charge in [0, 0.05) is 21.6 Å². The summed E-state index contributed by atoms with van der Waals surface area (Å²) in [7, 11) is 0. The van der Waals surface area contributed by atoms with E-state index in [-0.39, 0.29) is 10.9 Å². The molecule has 3 nitrogen and oxygen atoms in total. The Labute approximate surface area is 116 Å². The van der Waals surface area contributed by atoms with Crippen molar-refractivity contribution in [3.05, 3.63) is 32.2 Å². The molecular formula is C11H7BrCl2N2O. The highest BCUT2D eigenvalue weighted by Gasteiger charge is 2.11. The monoisotopic (exact) mass is 332 g/mol.